The third-order valence-electron chi connectivity index (χ3n) is 3.44. The van der Waals surface area contributed by atoms with Gasteiger partial charge in [0.2, 0.25) is 10.0 Å². The number of sulfonamides is 1. The van der Waals surface area contributed by atoms with E-state index in [0.717, 1.165) is 12.8 Å². The zero-order valence-corrected chi connectivity index (χ0v) is 13.5. The van der Waals surface area contributed by atoms with Gasteiger partial charge in [0, 0.05) is 17.6 Å². The molecule has 1 saturated heterocycles. The molecular weight excluding hydrogens is 352 g/mol. The third-order valence-corrected chi connectivity index (χ3v) is 6.54. The maximum Gasteiger partial charge on any atom is 0.243 e. The molecule has 0 aromatic heterocycles. The minimum Gasteiger partial charge on any atom is -0.330 e. The fourth-order valence-corrected chi connectivity index (χ4v) is 4.32. The van der Waals surface area contributed by atoms with Crippen molar-refractivity contribution in [2.75, 3.05) is 19.6 Å². The lowest BCUT2D eigenvalue weighted by Crippen LogP contribution is -2.40. The average Bonchev–Trinajstić information content (AvgIpc) is 2.41. The summed E-state index contributed by atoms with van der Waals surface area (Å²) in [5.74, 6) is 0.434. The van der Waals surface area contributed by atoms with Crippen molar-refractivity contribution in [3.63, 3.8) is 0 Å². The summed E-state index contributed by atoms with van der Waals surface area (Å²) >= 11 is 9.14. The van der Waals surface area contributed by atoms with E-state index in [-0.39, 0.29) is 4.90 Å². The van der Waals surface area contributed by atoms with E-state index >= 15 is 0 Å². The molecule has 1 heterocycles. The van der Waals surface area contributed by atoms with Crippen LogP contribution in [0.4, 0.5) is 0 Å². The molecule has 106 valence electrons. The van der Waals surface area contributed by atoms with E-state index < -0.39 is 10.0 Å². The summed E-state index contributed by atoms with van der Waals surface area (Å²) in [4.78, 5) is 0.273. The second-order valence-electron chi connectivity index (χ2n) is 4.66. The lowest BCUT2D eigenvalue weighted by Gasteiger charge is -2.30. The van der Waals surface area contributed by atoms with Crippen LogP contribution in [0.5, 0.6) is 0 Å². The summed E-state index contributed by atoms with van der Waals surface area (Å²) in [5.41, 5.74) is 5.62. The molecule has 0 bridgehead atoms. The van der Waals surface area contributed by atoms with Crippen LogP contribution in [0.3, 0.4) is 0 Å². The standard InChI is InChI=1S/C12H16BrClN2O2S/c13-11-7-10(1-2-12(11)14)19(17,18)16-5-3-9(8-15)4-6-16/h1-2,7,9H,3-6,8,15H2. The van der Waals surface area contributed by atoms with Gasteiger partial charge in [-0.2, -0.15) is 4.31 Å². The van der Waals surface area contributed by atoms with Crippen LogP contribution in [0.2, 0.25) is 5.02 Å². The van der Waals surface area contributed by atoms with Crippen LogP contribution in [0.25, 0.3) is 0 Å². The summed E-state index contributed by atoms with van der Waals surface area (Å²) in [6.07, 6.45) is 1.65. The number of nitrogens with zero attached hydrogens (tertiary/aromatic N) is 1. The Kier molecular flexibility index (Phi) is 4.89. The number of benzene rings is 1. The van der Waals surface area contributed by atoms with Crippen molar-refractivity contribution in [1.82, 2.24) is 4.31 Å². The number of halogens is 2. The molecule has 1 aliphatic rings. The fraction of sp³-hybridized carbons (Fsp3) is 0.500. The second-order valence-corrected chi connectivity index (χ2v) is 7.86. The van der Waals surface area contributed by atoms with Gasteiger partial charge in [-0.3, -0.25) is 0 Å². The molecule has 1 fully saturated rings. The number of hydrogen-bond acceptors (Lipinski definition) is 3. The molecule has 0 spiro atoms. The van der Waals surface area contributed by atoms with E-state index in [1.165, 1.54) is 10.4 Å². The van der Waals surface area contributed by atoms with E-state index in [1.807, 2.05) is 0 Å². The highest BCUT2D eigenvalue weighted by Crippen LogP contribution is 2.28. The summed E-state index contributed by atoms with van der Waals surface area (Å²) in [7, 11) is -3.43. The smallest absolute Gasteiger partial charge is 0.243 e. The Labute approximate surface area is 127 Å². The molecule has 1 aliphatic heterocycles. The van der Waals surface area contributed by atoms with Gasteiger partial charge >= 0.3 is 0 Å². The molecule has 0 radical (unpaired) electrons. The lowest BCUT2D eigenvalue weighted by molar-refractivity contribution is 0.278. The highest BCUT2D eigenvalue weighted by atomic mass is 79.9. The minimum atomic E-state index is -3.43. The van der Waals surface area contributed by atoms with Gasteiger partial charge in [0.25, 0.3) is 0 Å². The Bertz CT molecular complexity index is 557. The van der Waals surface area contributed by atoms with E-state index in [0.29, 0.717) is 35.0 Å². The summed E-state index contributed by atoms with van der Waals surface area (Å²) in [6.45, 7) is 1.69. The van der Waals surface area contributed by atoms with Crippen molar-refractivity contribution < 1.29 is 8.42 Å². The van der Waals surface area contributed by atoms with Crippen LogP contribution in [0, 0.1) is 5.92 Å². The van der Waals surface area contributed by atoms with Gasteiger partial charge in [-0.25, -0.2) is 8.42 Å². The molecule has 1 aromatic rings. The average molecular weight is 368 g/mol. The van der Waals surface area contributed by atoms with Crippen LogP contribution in [0.15, 0.2) is 27.6 Å². The number of hydrogen-bond donors (Lipinski definition) is 1. The maximum atomic E-state index is 12.5. The van der Waals surface area contributed by atoms with Crippen molar-refractivity contribution >= 4 is 37.6 Å². The van der Waals surface area contributed by atoms with E-state index in [4.69, 9.17) is 17.3 Å². The first-order chi connectivity index (χ1) is 8.95. The van der Waals surface area contributed by atoms with Crippen molar-refractivity contribution in [3.8, 4) is 0 Å². The summed E-state index contributed by atoms with van der Waals surface area (Å²) in [6, 6.07) is 4.68. The molecular formula is C12H16BrClN2O2S. The monoisotopic (exact) mass is 366 g/mol. The summed E-state index contributed by atoms with van der Waals surface area (Å²) in [5, 5.41) is 0.501. The Morgan fingerprint density at radius 3 is 2.53 bits per heavy atom. The number of nitrogens with two attached hydrogens (primary N) is 1. The van der Waals surface area contributed by atoms with Crippen LogP contribution in [-0.2, 0) is 10.0 Å². The lowest BCUT2D eigenvalue weighted by atomic mass is 9.99. The van der Waals surface area contributed by atoms with Gasteiger partial charge in [0.1, 0.15) is 0 Å². The topological polar surface area (TPSA) is 63.4 Å². The highest BCUT2D eigenvalue weighted by molar-refractivity contribution is 9.10. The predicted molar refractivity (Wildman–Crippen MR) is 79.7 cm³/mol. The van der Waals surface area contributed by atoms with Gasteiger partial charge in [-0.05, 0) is 59.4 Å². The Balaban J connectivity index is 2.21. The van der Waals surface area contributed by atoms with E-state index in [9.17, 15) is 8.42 Å². The molecule has 19 heavy (non-hydrogen) atoms. The predicted octanol–water partition coefficient (Wildman–Crippen LogP) is 2.46. The first kappa shape index (κ1) is 15.3. The largest absolute Gasteiger partial charge is 0.330 e. The highest BCUT2D eigenvalue weighted by Gasteiger charge is 2.29. The van der Waals surface area contributed by atoms with Gasteiger partial charge in [0.15, 0.2) is 0 Å². The van der Waals surface area contributed by atoms with Gasteiger partial charge in [0.05, 0.1) is 9.92 Å². The molecule has 2 rings (SSSR count). The zero-order chi connectivity index (χ0) is 14.0. The Hall–Kier alpha value is -0.140. The molecule has 0 aliphatic carbocycles. The first-order valence-corrected chi connectivity index (χ1v) is 8.71. The van der Waals surface area contributed by atoms with Crippen LogP contribution in [-0.4, -0.2) is 32.4 Å². The van der Waals surface area contributed by atoms with Crippen LogP contribution < -0.4 is 5.73 Å². The Morgan fingerprint density at radius 1 is 1.37 bits per heavy atom. The molecule has 4 nitrogen and oxygen atoms in total. The van der Waals surface area contributed by atoms with Crippen molar-refractivity contribution in [2.45, 2.75) is 17.7 Å². The van der Waals surface area contributed by atoms with Crippen molar-refractivity contribution in [2.24, 2.45) is 11.7 Å². The van der Waals surface area contributed by atoms with Crippen molar-refractivity contribution in [3.05, 3.63) is 27.7 Å². The molecule has 0 amide bonds. The van der Waals surface area contributed by atoms with Gasteiger partial charge in [-0.1, -0.05) is 11.6 Å². The third kappa shape index (κ3) is 3.31. The van der Waals surface area contributed by atoms with Gasteiger partial charge in [-0.15, -0.1) is 0 Å². The number of piperidine rings is 1. The molecule has 1 aromatic carbocycles. The van der Waals surface area contributed by atoms with Crippen LogP contribution >= 0.6 is 27.5 Å². The second kappa shape index (κ2) is 6.10. The molecule has 0 saturated carbocycles. The van der Waals surface area contributed by atoms with E-state index in [2.05, 4.69) is 15.9 Å². The fourth-order valence-electron chi connectivity index (χ4n) is 2.17. The SMILES string of the molecule is NCC1CCN(S(=O)(=O)c2ccc(Cl)c(Br)c2)CC1. The molecule has 0 unspecified atom stereocenters. The first-order valence-electron chi connectivity index (χ1n) is 6.10. The molecule has 2 N–H and O–H groups in total. The maximum absolute atomic E-state index is 12.5. The summed E-state index contributed by atoms with van der Waals surface area (Å²) < 4.78 is 27.1. The number of rotatable bonds is 3. The zero-order valence-electron chi connectivity index (χ0n) is 10.4. The normalized spacial score (nSPS) is 18.7. The minimum absolute atomic E-state index is 0.273. The van der Waals surface area contributed by atoms with E-state index in [1.54, 1.807) is 12.1 Å². The molecule has 7 heteroatoms. The van der Waals surface area contributed by atoms with Crippen molar-refractivity contribution in [1.29, 1.82) is 0 Å². The quantitative estimate of drug-likeness (QED) is 0.892. The molecule has 0 atom stereocenters. The van der Waals surface area contributed by atoms with Crippen LogP contribution in [0.1, 0.15) is 12.8 Å². The van der Waals surface area contributed by atoms with Gasteiger partial charge < -0.3 is 5.73 Å². The Morgan fingerprint density at radius 2 is 2.00 bits per heavy atom.